The van der Waals surface area contributed by atoms with E-state index in [1.165, 1.54) is 11.3 Å². The SMILES string of the molecule is Cc1cc(C)n(-c2ccc(C(=O)Nc3nc(C)c(C)s3)cc2)n1. The molecule has 0 fully saturated rings. The number of aryl methyl sites for hydroxylation is 4. The highest BCUT2D eigenvalue weighted by atomic mass is 32.1. The van der Waals surface area contributed by atoms with Gasteiger partial charge in [0.05, 0.1) is 17.1 Å². The minimum atomic E-state index is -0.154. The Kier molecular flexibility index (Phi) is 4.00. The Hall–Kier alpha value is -2.47. The average molecular weight is 326 g/mol. The van der Waals surface area contributed by atoms with Crippen LogP contribution in [0.4, 0.5) is 5.13 Å². The van der Waals surface area contributed by atoms with Crippen molar-refractivity contribution in [2.75, 3.05) is 5.32 Å². The molecule has 2 aromatic heterocycles. The van der Waals surface area contributed by atoms with Crippen molar-refractivity contribution in [3.05, 3.63) is 57.9 Å². The lowest BCUT2D eigenvalue weighted by molar-refractivity contribution is 0.102. The third-order valence-electron chi connectivity index (χ3n) is 3.63. The summed E-state index contributed by atoms with van der Waals surface area (Å²) in [5.41, 5.74) is 4.52. The molecule has 0 spiro atoms. The molecule has 1 amide bonds. The highest BCUT2D eigenvalue weighted by molar-refractivity contribution is 7.15. The predicted octanol–water partition coefficient (Wildman–Crippen LogP) is 3.81. The topological polar surface area (TPSA) is 59.8 Å². The minimum Gasteiger partial charge on any atom is -0.298 e. The van der Waals surface area contributed by atoms with E-state index in [-0.39, 0.29) is 5.91 Å². The fourth-order valence-electron chi connectivity index (χ4n) is 2.34. The Morgan fingerprint density at radius 3 is 2.35 bits per heavy atom. The summed E-state index contributed by atoms with van der Waals surface area (Å²) < 4.78 is 1.87. The zero-order valence-corrected chi connectivity index (χ0v) is 14.4. The normalized spacial score (nSPS) is 10.8. The van der Waals surface area contributed by atoms with E-state index in [1.54, 1.807) is 12.1 Å². The molecular formula is C17H18N4OS. The van der Waals surface area contributed by atoms with E-state index in [1.807, 2.05) is 50.6 Å². The molecule has 0 saturated carbocycles. The molecule has 3 rings (SSSR count). The van der Waals surface area contributed by atoms with Crippen molar-refractivity contribution in [2.24, 2.45) is 0 Å². The lowest BCUT2D eigenvalue weighted by atomic mass is 10.2. The highest BCUT2D eigenvalue weighted by Crippen LogP contribution is 2.22. The molecule has 0 aliphatic carbocycles. The van der Waals surface area contributed by atoms with Crippen molar-refractivity contribution in [3.63, 3.8) is 0 Å². The molecule has 2 heterocycles. The molecular weight excluding hydrogens is 308 g/mol. The molecule has 1 aromatic carbocycles. The number of carbonyl (C=O) groups is 1. The van der Waals surface area contributed by atoms with Crippen LogP contribution >= 0.6 is 11.3 Å². The highest BCUT2D eigenvalue weighted by Gasteiger charge is 2.11. The maximum atomic E-state index is 12.3. The summed E-state index contributed by atoms with van der Waals surface area (Å²) in [6, 6.07) is 9.41. The number of benzene rings is 1. The van der Waals surface area contributed by atoms with Gasteiger partial charge in [-0.2, -0.15) is 5.10 Å². The number of nitrogens with zero attached hydrogens (tertiary/aromatic N) is 3. The number of hydrogen-bond acceptors (Lipinski definition) is 4. The number of thiazole rings is 1. The van der Waals surface area contributed by atoms with E-state index in [0.717, 1.165) is 27.6 Å². The minimum absolute atomic E-state index is 0.154. The monoisotopic (exact) mass is 326 g/mol. The van der Waals surface area contributed by atoms with Crippen molar-refractivity contribution in [1.29, 1.82) is 0 Å². The van der Waals surface area contributed by atoms with Crippen molar-refractivity contribution in [1.82, 2.24) is 14.8 Å². The van der Waals surface area contributed by atoms with Gasteiger partial charge in [-0.3, -0.25) is 10.1 Å². The van der Waals surface area contributed by atoms with Gasteiger partial charge in [-0.1, -0.05) is 0 Å². The van der Waals surface area contributed by atoms with Gasteiger partial charge in [0.2, 0.25) is 0 Å². The van der Waals surface area contributed by atoms with Crippen molar-refractivity contribution in [3.8, 4) is 5.69 Å². The first-order chi connectivity index (χ1) is 10.9. The van der Waals surface area contributed by atoms with Crippen molar-refractivity contribution >= 4 is 22.4 Å². The standard InChI is InChI=1S/C17H18N4OS/c1-10-9-11(2)21(20-10)15-7-5-14(6-8-15)16(22)19-17-18-12(3)13(4)23-17/h5-9H,1-4H3,(H,18,19,22). The van der Waals surface area contributed by atoms with E-state index < -0.39 is 0 Å². The molecule has 0 radical (unpaired) electrons. The van der Waals surface area contributed by atoms with Crippen LogP contribution in [0, 0.1) is 27.7 Å². The maximum Gasteiger partial charge on any atom is 0.257 e. The largest absolute Gasteiger partial charge is 0.298 e. The number of aromatic nitrogens is 3. The van der Waals surface area contributed by atoms with Gasteiger partial charge >= 0.3 is 0 Å². The number of amides is 1. The summed E-state index contributed by atoms with van der Waals surface area (Å²) >= 11 is 1.48. The number of rotatable bonds is 3. The van der Waals surface area contributed by atoms with Crippen LogP contribution in [0.2, 0.25) is 0 Å². The van der Waals surface area contributed by atoms with Crippen LogP contribution in [-0.2, 0) is 0 Å². The maximum absolute atomic E-state index is 12.3. The third-order valence-corrected chi connectivity index (χ3v) is 4.62. The molecule has 0 aliphatic rings. The summed E-state index contributed by atoms with van der Waals surface area (Å²) in [4.78, 5) is 17.7. The number of anilines is 1. The van der Waals surface area contributed by atoms with Gasteiger partial charge in [0.1, 0.15) is 0 Å². The van der Waals surface area contributed by atoms with Crippen LogP contribution in [-0.4, -0.2) is 20.7 Å². The van der Waals surface area contributed by atoms with Gasteiger partial charge in [-0.25, -0.2) is 9.67 Å². The summed E-state index contributed by atoms with van der Waals surface area (Å²) in [5, 5.41) is 7.92. The van der Waals surface area contributed by atoms with Gasteiger partial charge in [0, 0.05) is 16.1 Å². The van der Waals surface area contributed by atoms with Gasteiger partial charge in [0.25, 0.3) is 5.91 Å². The van der Waals surface area contributed by atoms with Crippen molar-refractivity contribution in [2.45, 2.75) is 27.7 Å². The number of hydrogen-bond donors (Lipinski definition) is 1. The molecule has 23 heavy (non-hydrogen) atoms. The van der Waals surface area contributed by atoms with Crippen LogP contribution in [0.5, 0.6) is 0 Å². The molecule has 0 aliphatic heterocycles. The molecule has 0 saturated heterocycles. The first-order valence-corrected chi connectivity index (χ1v) is 8.15. The Morgan fingerprint density at radius 1 is 1.13 bits per heavy atom. The summed E-state index contributed by atoms with van der Waals surface area (Å²) in [7, 11) is 0. The second-order valence-electron chi connectivity index (χ2n) is 5.50. The van der Waals surface area contributed by atoms with E-state index in [2.05, 4.69) is 15.4 Å². The molecule has 0 bridgehead atoms. The van der Waals surface area contributed by atoms with Crippen LogP contribution in [0.15, 0.2) is 30.3 Å². The fourth-order valence-corrected chi connectivity index (χ4v) is 3.15. The summed E-state index contributed by atoms with van der Waals surface area (Å²) in [6.07, 6.45) is 0. The Morgan fingerprint density at radius 2 is 1.83 bits per heavy atom. The third kappa shape index (κ3) is 3.17. The summed E-state index contributed by atoms with van der Waals surface area (Å²) in [6.45, 7) is 7.90. The van der Waals surface area contributed by atoms with Gasteiger partial charge < -0.3 is 0 Å². The second kappa shape index (κ2) is 5.96. The predicted molar refractivity (Wildman–Crippen MR) is 92.6 cm³/mol. The first kappa shape index (κ1) is 15.4. The fraction of sp³-hybridized carbons (Fsp3) is 0.235. The van der Waals surface area contributed by atoms with Crippen LogP contribution in [0.3, 0.4) is 0 Å². The van der Waals surface area contributed by atoms with Crippen molar-refractivity contribution < 1.29 is 4.79 Å². The van der Waals surface area contributed by atoms with E-state index >= 15 is 0 Å². The molecule has 0 unspecified atom stereocenters. The smallest absolute Gasteiger partial charge is 0.257 e. The average Bonchev–Trinajstić information content (AvgIpc) is 3.01. The number of carbonyl (C=O) groups excluding carboxylic acids is 1. The van der Waals surface area contributed by atoms with E-state index in [4.69, 9.17) is 0 Å². The second-order valence-corrected chi connectivity index (χ2v) is 6.70. The van der Waals surface area contributed by atoms with Crippen LogP contribution < -0.4 is 5.32 Å². The lowest BCUT2D eigenvalue weighted by Crippen LogP contribution is -2.12. The molecule has 118 valence electrons. The molecule has 3 aromatic rings. The Labute approximate surface area is 139 Å². The van der Waals surface area contributed by atoms with E-state index in [0.29, 0.717) is 10.7 Å². The lowest BCUT2D eigenvalue weighted by Gasteiger charge is -2.06. The molecule has 0 atom stereocenters. The van der Waals surface area contributed by atoms with Crippen LogP contribution in [0.25, 0.3) is 5.69 Å². The number of nitrogens with one attached hydrogen (secondary N) is 1. The quantitative estimate of drug-likeness (QED) is 0.796. The Bertz CT molecular complexity index is 842. The van der Waals surface area contributed by atoms with Gasteiger partial charge in [-0.15, -0.1) is 11.3 Å². The molecule has 5 nitrogen and oxygen atoms in total. The van der Waals surface area contributed by atoms with E-state index in [9.17, 15) is 4.79 Å². The summed E-state index contributed by atoms with van der Waals surface area (Å²) in [5.74, 6) is -0.154. The Balaban J connectivity index is 1.79. The molecule has 6 heteroatoms. The van der Waals surface area contributed by atoms with Crippen LogP contribution in [0.1, 0.15) is 32.3 Å². The first-order valence-electron chi connectivity index (χ1n) is 7.33. The van der Waals surface area contributed by atoms with Gasteiger partial charge in [-0.05, 0) is 58.0 Å². The zero-order valence-electron chi connectivity index (χ0n) is 13.5. The van der Waals surface area contributed by atoms with Gasteiger partial charge in [0.15, 0.2) is 5.13 Å². The molecule has 1 N–H and O–H groups in total. The zero-order chi connectivity index (χ0) is 16.6.